The summed E-state index contributed by atoms with van der Waals surface area (Å²) in [5, 5.41) is 0. The largest absolute Gasteiger partial charge is 0.298 e. The van der Waals surface area contributed by atoms with Crippen molar-refractivity contribution in [1.82, 2.24) is 4.90 Å². The smallest absolute Gasteiger partial charge is 0.146 e. The van der Waals surface area contributed by atoms with Crippen molar-refractivity contribution < 1.29 is 4.79 Å². The summed E-state index contributed by atoms with van der Waals surface area (Å²) in [6, 6.07) is 0.235. The van der Waals surface area contributed by atoms with Gasteiger partial charge in [-0.3, -0.25) is 9.69 Å². The fourth-order valence-electron chi connectivity index (χ4n) is 2.01. The molecule has 1 unspecified atom stereocenters. The van der Waals surface area contributed by atoms with Crippen LogP contribution in [0.1, 0.15) is 39.5 Å². The molecule has 1 saturated heterocycles. The van der Waals surface area contributed by atoms with E-state index in [1.54, 1.807) is 6.92 Å². The Labute approximate surface area is 74.9 Å². The third-order valence-electron chi connectivity index (χ3n) is 2.59. The van der Waals surface area contributed by atoms with Gasteiger partial charge in [0.15, 0.2) is 0 Å². The highest BCUT2D eigenvalue weighted by atomic mass is 16.1. The van der Waals surface area contributed by atoms with Gasteiger partial charge in [-0.05, 0) is 39.3 Å². The van der Waals surface area contributed by atoms with Crippen LogP contribution in [0.3, 0.4) is 0 Å². The first-order valence-corrected chi connectivity index (χ1v) is 5.00. The Morgan fingerprint density at radius 1 is 1.50 bits per heavy atom. The van der Waals surface area contributed by atoms with E-state index in [0.717, 1.165) is 25.9 Å². The molecule has 1 fully saturated rings. The number of ketones is 1. The predicted molar refractivity (Wildman–Crippen MR) is 50.2 cm³/mol. The van der Waals surface area contributed by atoms with Crippen LogP contribution in [0.4, 0.5) is 0 Å². The molecule has 2 heteroatoms. The molecular weight excluding hydrogens is 150 g/mol. The minimum absolute atomic E-state index is 0.235. The number of piperidine rings is 1. The molecule has 0 aliphatic carbocycles. The molecule has 0 aromatic heterocycles. The van der Waals surface area contributed by atoms with Crippen LogP contribution in [0.5, 0.6) is 0 Å². The fraction of sp³-hybridized carbons (Fsp3) is 0.900. The number of carbonyl (C=O) groups is 1. The van der Waals surface area contributed by atoms with E-state index < -0.39 is 0 Å². The van der Waals surface area contributed by atoms with Crippen LogP contribution in [-0.2, 0) is 4.79 Å². The molecule has 0 aromatic carbocycles. The summed E-state index contributed by atoms with van der Waals surface area (Å²) in [4.78, 5) is 13.6. The first kappa shape index (κ1) is 9.72. The minimum atomic E-state index is 0.235. The Morgan fingerprint density at radius 3 is 2.83 bits per heavy atom. The van der Waals surface area contributed by atoms with Crippen molar-refractivity contribution in [1.29, 1.82) is 0 Å². The van der Waals surface area contributed by atoms with Crippen LogP contribution < -0.4 is 0 Å². The maximum Gasteiger partial charge on any atom is 0.146 e. The molecule has 1 aliphatic rings. The van der Waals surface area contributed by atoms with E-state index in [1.165, 1.54) is 12.8 Å². The average Bonchev–Trinajstić information content (AvgIpc) is 2.05. The molecule has 0 amide bonds. The molecule has 1 atom stereocenters. The first-order chi connectivity index (χ1) is 5.75. The lowest BCUT2D eigenvalue weighted by Crippen LogP contribution is -2.43. The van der Waals surface area contributed by atoms with Crippen molar-refractivity contribution >= 4 is 5.78 Å². The van der Waals surface area contributed by atoms with E-state index in [2.05, 4.69) is 11.8 Å². The zero-order valence-corrected chi connectivity index (χ0v) is 8.18. The normalized spacial score (nSPS) is 25.7. The number of hydrogen-bond acceptors (Lipinski definition) is 2. The molecule has 1 heterocycles. The molecule has 1 rings (SSSR count). The average molecular weight is 169 g/mol. The van der Waals surface area contributed by atoms with Crippen LogP contribution in [0.25, 0.3) is 0 Å². The predicted octanol–water partition coefficient (Wildman–Crippen LogP) is 1.84. The zero-order chi connectivity index (χ0) is 8.97. The number of nitrogens with zero attached hydrogens (tertiary/aromatic N) is 1. The maximum absolute atomic E-state index is 11.2. The van der Waals surface area contributed by atoms with Crippen molar-refractivity contribution in [2.45, 2.75) is 45.6 Å². The van der Waals surface area contributed by atoms with E-state index in [-0.39, 0.29) is 6.04 Å². The molecule has 0 bridgehead atoms. The van der Waals surface area contributed by atoms with Crippen LogP contribution >= 0.6 is 0 Å². The quantitative estimate of drug-likeness (QED) is 0.642. The van der Waals surface area contributed by atoms with Gasteiger partial charge in [0, 0.05) is 0 Å². The molecular formula is C10H19NO. The number of Topliss-reactive ketones (excluding diaryl/α,β-unsaturated/α-hetero) is 1. The van der Waals surface area contributed by atoms with Crippen molar-refractivity contribution in [3.63, 3.8) is 0 Å². The van der Waals surface area contributed by atoms with Crippen molar-refractivity contribution in [2.24, 2.45) is 0 Å². The van der Waals surface area contributed by atoms with Gasteiger partial charge in [-0.15, -0.1) is 0 Å². The third kappa shape index (κ3) is 2.31. The van der Waals surface area contributed by atoms with E-state index in [0.29, 0.717) is 5.78 Å². The van der Waals surface area contributed by atoms with Gasteiger partial charge < -0.3 is 0 Å². The topological polar surface area (TPSA) is 20.3 Å². The fourth-order valence-corrected chi connectivity index (χ4v) is 2.01. The summed E-state index contributed by atoms with van der Waals surface area (Å²) >= 11 is 0. The summed E-state index contributed by atoms with van der Waals surface area (Å²) in [5.41, 5.74) is 0. The Balaban J connectivity index is 2.48. The second-order valence-electron chi connectivity index (χ2n) is 3.66. The SMILES string of the molecule is CCCN1CCCCC1C(C)=O. The van der Waals surface area contributed by atoms with Crippen LogP contribution in [0, 0.1) is 0 Å². The Kier molecular flexibility index (Phi) is 3.73. The first-order valence-electron chi connectivity index (χ1n) is 5.00. The highest BCUT2D eigenvalue weighted by Crippen LogP contribution is 2.17. The number of carbonyl (C=O) groups excluding carboxylic acids is 1. The summed E-state index contributed by atoms with van der Waals surface area (Å²) in [7, 11) is 0. The standard InChI is InChI=1S/C10H19NO/c1-3-7-11-8-5-4-6-10(11)9(2)12/h10H,3-8H2,1-2H3. The van der Waals surface area contributed by atoms with Gasteiger partial charge in [0.05, 0.1) is 6.04 Å². The number of hydrogen-bond donors (Lipinski definition) is 0. The summed E-state index contributed by atoms with van der Waals surface area (Å²) in [6.07, 6.45) is 4.73. The van der Waals surface area contributed by atoms with Crippen molar-refractivity contribution in [3.05, 3.63) is 0 Å². The molecule has 12 heavy (non-hydrogen) atoms. The second kappa shape index (κ2) is 4.61. The summed E-state index contributed by atoms with van der Waals surface area (Å²) < 4.78 is 0. The number of rotatable bonds is 3. The van der Waals surface area contributed by atoms with E-state index >= 15 is 0 Å². The van der Waals surface area contributed by atoms with Gasteiger partial charge in [0.25, 0.3) is 0 Å². The summed E-state index contributed by atoms with van der Waals surface area (Å²) in [5.74, 6) is 0.350. The highest BCUT2D eigenvalue weighted by Gasteiger charge is 2.24. The van der Waals surface area contributed by atoms with Gasteiger partial charge in [-0.1, -0.05) is 13.3 Å². The Bertz CT molecular complexity index is 154. The molecule has 0 aromatic rings. The lowest BCUT2D eigenvalue weighted by atomic mass is 9.99. The van der Waals surface area contributed by atoms with E-state index in [9.17, 15) is 4.79 Å². The number of likely N-dealkylation sites (tertiary alicyclic amines) is 1. The minimum Gasteiger partial charge on any atom is -0.298 e. The Hall–Kier alpha value is -0.370. The zero-order valence-electron chi connectivity index (χ0n) is 8.18. The van der Waals surface area contributed by atoms with Gasteiger partial charge in [-0.25, -0.2) is 0 Å². The molecule has 2 nitrogen and oxygen atoms in total. The van der Waals surface area contributed by atoms with Gasteiger partial charge in [-0.2, -0.15) is 0 Å². The van der Waals surface area contributed by atoms with Crippen LogP contribution in [-0.4, -0.2) is 29.8 Å². The van der Waals surface area contributed by atoms with Crippen molar-refractivity contribution in [3.8, 4) is 0 Å². The monoisotopic (exact) mass is 169 g/mol. The third-order valence-corrected chi connectivity index (χ3v) is 2.59. The lowest BCUT2D eigenvalue weighted by Gasteiger charge is -2.33. The summed E-state index contributed by atoms with van der Waals surface area (Å²) in [6.45, 7) is 6.10. The van der Waals surface area contributed by atoms with E-state index in [1.807, 2.05) is 0 Å². The van der Waals surface area contributed by atoms with Gasteiger partial charge in [0.1, 0.15) is 5.78 Å². The molecule has 70 valence electrons. The van der Waals surface area contributed by atoms with Crippen LogP contribution in [0.15, 0.2) is 0 Å². The Morgan fingerprint density at radius 2 is 2.25 bits per heavy atom. The van der Waals surface area contributed by atoms with Crippen molar-refractivity contribution in [2.75, 3.05) is 13.1 Å². The maximum atomic E-state index is 11.2. The van der Waals surface area contributed by atoms with Crippen LogP contribution in [0.2, 0.25) is 0 Å². The molecule has 1 aliphatic heterocycles. The van der Waals surface area contributed by atoms with Gasteiger partial charge >= 0.3 is 0 Å². The second-order valence-corrected chi connectivity index (χ2v) is 3.66. The molecule has 0 saturated carbocycles. The van der Waals surface area contributed by atoms with Gasteiger partial charge in [0.2, 0.25) is 0 Å². The van der Waals surface area contributed by atoms with E-state index in [4.69, 9.17) is 0 Å². The molecule has 0 N–H and O–H groups in total. The lowest BCUT2D eigenvalue weighted by molar-refractivity contribution is -0.123. The highest BCUT2D eigenvalue weighted by molar-refractivity contribution is 5.81. The molecule has 0 spiro atoms. The molecule has 0 radical (unpaired) electrons.